The van der Waals surface area contributed by atoms with Crippen molar-refractivity contribution in [2.45, 2.75) is 19.7 Å². The average Bonchev–Trinajstić information content (AvgIpc) is 2.43. The first-order chi connectivity index (χ1) is 9.60. The molecule has 106 valence electrons. The molecule has 0 saturated heterocycles. The minimum Gasteiger partial charge on any atom is -0.392 e. The maximum absolute atomic E-state index is 13.4. The van der Waals surface area contributed by atoms with Gasteiger partial charge in [-0.25, -0.2) is 13.2 Å². The summed E-state index contributed by atoms with van der Waals surface area (Å²) in [5.41, 5.74) is 1.35. The minimum absolute atomic E-state index is 0.220. The van der Waals surface area contributed by atoms with Gasteiger partial charge in [0.1, 0.15) is 17.5 Å². The molecule has 2 nitrogen and oxygen atoms in total. The topological polar surface area (TPSA) is 32.3 Å². The van der Waals surface area contributed by atoms with Crippen molar-refractivity contribution in [2.24, 2.45) is 0 Å². The monoisotopic (exact) mass is 281 g/mol. The van der Waals surface area contributed by atoms with Crippen molar-refractivity contribution in [3.63, 3.8) is 0 Å². The highest BCUT2D eigenvalue weighted by Crippen LogP contribution is 2.12. The zero-order chi connectivity index (χ0) is 14.5. The maximum atomic E-state index is 13.4. The van der Waals surface area contributed by atoms with Crippen molar-refractivity contribution in [3.05, 3.63) is 70.5 Å². The van der Waals surface area contributed by atoms with Gasteiger partial charge in [0.05, 0.1) is 6.61 Å². The van der Waals surface area contributed by atoms with Crippen LogP contribution in [0.5, 0.6) is 0 Å². The van der Waals surface area contributed by atoms with Crippen LogP contribution in [0.3, 0.4) is 0 Å². The lowest BCUT2D eigenvalue weighted by atomic mass is 10.1. The summed E-state index contributed by atoms with van der Waals surface area (Å²) in [6.45, 7) is 0.258. The van der Waals surface area contributed by atoms with Gasteiger partial charge in [-0.1, -0.05) is 12.1 Å². The second kappa shape index (κ2) is 6.54. The van der Waals surface area contributed by atoms with Crippen LogP contribution in [0, 0.1) is 17.5 Å². The van der Waals surface area contributed by atoms with Crippen LogP contribution in [0.1, 0.15) is 16.7 Å². The molecule has 2 N–H and O–H groups in total. The lowest BCUT2D eigenvalue weighted by molar-refractivity contribution is 0.275. The van der Waals surface area contributed by atoms with Crippen molar-refractivity contribution < 1.29 is 18.3 Å². The van der Waals surface area contributed by atoms with Crippen LogP contribution in [-0.4, -0.2) is 5.11 Å². The third kappa shape index (κ3) is 3.59. The summed E-state index contributed by atoms with van der Waals surface area (Å²) in [4.78, 5) is 0. The van der Waals surface area contributed by atoms with E-state index in [4.69, 9.17) is 5.11 Å². The Bertz CT molecular complexity index is 602. The van der Waals surface area contributed by atoms with Crippen molar-refractivity contribution in [3.8, 4) is 0 Å². The number of benzene rings is 2. The predicted molar refractivity (Wildman–Crippen MR) is 69.2 cm³/mol. The summed E-state index contributed by atoms with van der Waals surface area (Å²) in [6.07, 6.45) is 0. The number of halogens is 3. The van der Waals surface area contributed by atoms with Crippen LogP contribution in [-0.2, 0) is 19.7 Å². The van der Waals surface area contributed by atoms with Crippen LogP contribution in [0.15, 0.2) is 36.4 Å². The molecule has 0 bridgehead atoms. The van der Waals surface area contributed by atoms with Gasteiger partial charge in [0.15, 0.2) is 0 Å². The van der Waals surface area contributed by atoms with Gasteiger partial charge in [0, 0.05) is 30.3 Å². The summed E-state index contributed by atoms with van der Waals surface area (Å²) >= 11 is 0. The quantitative estimate of drug-likeness (QED) is 0.883. The van der Waals surface area contributed by atoms with E-state index in [-0.39, 0.29) is 18.7 Å². The molecule has 0 amide bonds. The molecular formula is C15H14F3NO. The molecule has 0 aliphatic carbocycles. The van der Waals surface area contributed by atoms with Gasteiger partial charge in [-0.2, -0.15) is 0 Å². The Balaban J connectivity index is 1.96. The Labute approximate surface area is 114 Å². The standard InChI is InChI=1S/C15H14F3NO/c16-13-3-2-11(15(18)6-13)8-19-7-10-1-4-14(17)12(5-10)9-20/h1-6,19-20H,7-9H2. The molecule has 0 heterocycles. The first kappa shape index (κ1) is 14.6. The third-order valence-corrected chi connectivity index (χ3v) is 2.94. The van der Waals surface area contributed by atoms with E-state index in [1.165, 1.54) is 18.2 Å². The van der Waals surface area contributed by atoms with Crippen LogP contribution in [0.4, 0.5) is 13.2 Å². The van der Waals surface area contributed by atoms with Gasteiger partial charge < -0.3 is 10.4 Å². The number of aliphatic hydroxyl groups is 1. The summed E-state index contributed by atoms with van der Waals surface area (Å²) in [5.74, 6) is -1.68. The largest absolute Gasteiger partial charge is 0.392 e. The summed E-state index contributed by atoms with van der Waals surface area (Å²) in [6, 6.07) is 7.81. The van der Waals surface area contributed by atoms with Gasteiger partial charge >= 0.3 is 0 Å². The molecule has 5 heteroatoms. The van der Waals surface area contributed by atoms with E-state index in [2.05, 4.69) is 5.32 Å². The molecule has 2 rings (SSSR count). The SMILES string of the molecule is OCc1cc(CNCc2ccc(F)cc2F)ccc1F. The van der Waals surface area contributed by atoms with E-state index >= 15 is 0 Å². The number of rotatable bonds is 5. The van der Waals surface area contributed by atoms with Crippen molar-refractivity contribution in [1.29, 1.82) is 0 Å². The molecule has 2 aromatic carbocycles. The Morgan fingerprint density at radius 1 is 0.850 bits per heavy atom. The molecule has 0 radical (unpaired) electrons. The van der Waals surface area contributed by atoms with Gasteiger partial charge in [-0.05, 0) is 23.8 Å². The molecule has 20 heavy (non-hydrogen) atoms. The highest BCUT2D eigenvalue weighted by atomic mass is 19.1. The summed E-state index contributed by atoms with van der Waals surface area (Å²) in [7, 11) is 0. The fraction of sp³-hybridized carbons (Fsp3) is 0.200. The molecule has 0 aromatic heterocycles. The second-order valence-corrected chi connectivity index (χ2v) is 4.42. The van der Waals surface area contributed by atoms with Crippen LogP contribution >= 0.6 is 0 Å². The molecule has 0 spiro atoms. The highest BCUT2D eigenvalue weighted by molar-refractivity contribution is 5.25. The zero-order valence-corrected chi connectivity index (χ0v) is 10.7. The summed E-state index contributed by atoms with van der Waals surface area (Å²) in [5, 5.41) is 11.9. The van der Waals surface area contributed by atoms with Crippen molar-refractivity contribution in [2.75, 3.05) is 0 Å². The van der Waals surface area contributed by atoms with Gasteiger partial charge in [-0.3, -0.25) is 0 Å². The van der Waals surface area contributed by atoms with E-state index in [1.54, 1.807) is 12.1 Å². The predicted octanol–water partition coefficient (Wildman–Crippen LogP) is 2.89. The van der Waals surface area contributed by atoms with E-state index in [0.717, 1.165) is 11.6 Å². The van der Waals surface area contributed by atoms with Crippen molar-refractivity contribution >= 4 is 0 Å². The average molecular weight is 281 g/mol. The first-order valence-electron chi connectivity index (χ1n) is 6.13. The second-order valence-electron chi connectivity index (χ2n) is 4.42. The minimum atomic E-state index is -0.614. The van der Waals surface area contributed by atoms with Gasteiger partial charge in [0.25, 0.3) is 0 Å². The Morgan fingerprint density at radius 2 is 1.65 bits per heavy atom. The number of aliphatic hydroxyl groups excluding tert-OH is 1. The first-order valence-corrected chi connectivity index (χ1v) is 6.13. The van der Waals surface area contributed by atoms with E-state index in [9.17, 15) is 13.2 Å². The van der Waals surface area contributed by atoms with Crippen LogP contribution in [0.25, 0.3) is 0 Å². The normalized spacial score (nSPS) is 10.8. The molecular weight excluding hydrogens is 267 g/mol. The third-order valence-electron chi connectivity index (χ3n) is 2.94. The lowest BCUT2D eigenvalue weighted by Crippen LogP contribution is -2.14. The molecule has 0 aliphatic rings. The van der Waals surface area contributed by atoms with Crippen LogP contribution in [0.2, 0.25) is 0 Å². The van der Waals surface area contributed by atoms with E-state index in [1.807, 2.05) is 0 Å². The summed E-state index contributed by atoms with van der Waals surface area (Å²) < 4.78 is 39.3. The maximum Gasteiger partial charge on any atom is 0.130 e. The zero-order valence-electron chi connectivity index (χ0n) is 10.7. The molecule has 0 atom stereocenters. The molecule has 2 aromatic rings. The van der Waals surface area contributed by atoms with Crippen molar-refractivity contribution in [1.82, 2.24) is 5.32 Å². The molecule has 0 fully saturated rings. The number of nitrogens with one attached hydrogen (secondary N) is 1. The number of hydrogen-bond donors (Lipinski definition) is 2. The highest BCUT2D eigenvalue weighted by Gasteiger charge is 2.05. The van der Waals surface area contributed by atoms with E-state index < -0.39 is 17.5 Å². The van der Waals surface area contributed by atoms with Gasteiger partial charge in [-0.15, -0.1) is 0 Å². The Morgan fingerprint density at radius 3 is 2.35 bits per heavy atom. The van der Waals surface area contributed by atoms with Gasteiger partial charge in [0.2, 0.25) is 0 Å². The van der Waals surface area contributed by atoms with Crippen LogP contribution < -0.4 is 5.32 Å². The Kier molecular flexibility index (Phi) is 4.76. The number of hydrogen-bond acceptors (Lipinski definition) is 2. The molecule has 0 saturated carbocycles. The molecule has 0 unspecified atom stereocenters. The molecule has 0 aliphatic heterocycles. The lowest BCUT2D eigenvalue weighted by Gasteiger charge is -2.08. The smallest absolute Gasteiger partial charge is 0.130 e. The van der Waals surface area contributed by atoms with E-state index in [0.29, 0.717) is 12.1 Å². The Hall–Kier alpha value is -1.85. The fourth-order valence-corrected chi connectivity index (χ4v) is 1.87. The fourth-order valence-electron chi connectivity index (χ4n) is 1.87.